The minimum absolute atomic E-state index is 0.150. The smallest absolute Gasteiger partial charge is 0.253 e. The van der Waals surface area contributed by atoms with Crippen LogP contribution in [0.4, 0.5) is 5.13 Å². The molecule has 4 rings (SSSR count). The Morgan fingerprint density at radius 1 is 1.29 bits per heavy atom. The molecule has 144 valence electrons. The fraction of sp³-hybridized carbons (Fsp3) is 0.235. The first-order valence-electron chi connectivity index (χ1n) is 8.22. The van der Waals surface area contributed by atoms with Crippen LogP contribution in [0.1, 0.15) is 17.0 Å². The van der Waals surface area contributed by atoms with Crippen molar-refractivity contribution < 1.29 is 4.79 Å². The lowest BCUT2D eigenvalue weighted by molar-refractivity contribution is -0.115. The summed E-state index contributed by atoms with van der Waals surface area (Å²) >= 11 is 10.3. The number of aromatic nitrogens is 5. The summed E-state index contributed by atoms with van der Waals surface area (Å²) in [6.07, 6.45) is 2.10. The molecule has 0 aliphatic carbocycles. The Balaban J connectivity index is 1.53. The minimum atomic E-state index is -0.150. The van der Waals surface area contributed by atoms with Gasteiger partial charge in [-0.25, -0.2) is 14.5 Å². The molecule has 11 heteroatoms. The van der Waals surface area contributed by atoms with Crippen LogP contribution in [0.15, 0.2) is 22.7 Å². The van der Waals surface area contributed by atoms with Gasteiger partial charge in [-0.05, 0) is 32.2 Å². The first kappa shape index (κ1) is 19.3. The Bertz CT molecular complexity index is 1180. The summed E-state index contributed by atoms with van der Waals surface area (Å²) in [6.45, 7) is 3.80. The van der Waals surface area contributed by atoms with Gasteiger partial charge in [0, 0.05) is 22.3 Å². The Labute approximate surface area is 178 Å². The summed E-state index contributed by atoms with van der Waals surface area (Å²) in [5.74, 6) is 0.394. The normalized spacial score (nSPS) is 11.3. The van der Waals surface area contributed by atoms with E-state index < -0.39 is 0 Å². The van der Waals surface area contributed by atoms with E-state index in [1.165, 1.54) is 34.4 Å². The largest absolute Gasteiger partial charge is 0.302 e. The van der Waals surface area contributed by atoms with Gasteiger partial charge in [-0.15, -0.1) is 27.8 Å². The molecule has 0 aromatic carbocycles. The van der Waals surface area contributed by atoms with Gasteiger partial charge in [0.1, 0.15) is 0 Å². The molecule has 4 aromatic heterocycles. The number of hydrogen-bond donors (Lipinski definition) is 1. The molecule has 0 saturated heterocycles. The quantitative estimate of drug-likeness (QED) is 0.451. The average molecular weight is 451 g/mol. The molecule has 0 aliphatic heterocycles. The zero-order chi connectivity index (χ0) is 19.8. The third kappa shape index (κ3) is 3.77. The maximum Gasteiger partial charge on any atom is 0.253 e. The van der Waals surface area contributed by atoms with Crippen LogP contribution >= 0.6 is 46.0 Å². The zero-order valence-corrected chi connectivity index (χ0v) is 18.4. The van der Waals surface area contributed by atoms with Crippen LogP contribution in [0.25, 0.3) is 16.3 Å². The molecule has 0 spiro atoms. The van der Waals surface area contributed by atoms with Crippen molar-refractivity contribution in [2.24, 2.45) is 0 Å². The molecule has 0 atom stereocenters. The van der Waals surface area contributed by atoms with Crippen LogP contribution in [-0.2, 0) is 11.2 Å². The Morgan fingerprint density at radius 2 is 2.11 bits per heavy atom. The van der Waals surface area contributed by atoms with Crippen LogP contribution in [-0.4, -0.2) is 36.7 Å². The molecule has 28 heavy (non-hydrogen) atoms. The molecule has 0 aliphatic rings. The van der Waals surface area contributed by atoms with E-state index in [1.54, 1.807) is 4.52 Å². The number of nitrogens with one attached hydrogen (secondary N) is 1. The second-order valence-electron chi connectivity index (χ2n) is 5.94. The summed E-state index contributed by atoms with van der Waals surface area (Å²) in [5.41, 5.74) is 3.27. The number of anilines is 1. The molecule has 0 unspecified atom stereocenters. The molecule has 4 heterocycles. The maximum absolute atomic E-state index is 12.6. The number of nitrogens with zero attached hydrogens (tertiary/aromatic N) is 5. The third-order valence-corrected chi connectivity index (χ3v) is 6.68. The van der Waals surface area contributed by atoms with Gasteiger partial charge in [0.15, 0.2) is 5.13 Å². The molecule has 0 bridgehead atoms. The molecule has 0 radical (unpaired) electrons. The number of thiophene rings is 1. The number of rotatable bonds is 5. The predicted octanol–water partition coefficient (Wildman–Crippen LogP) is 4.48. The fourth-order valence-electron chi connectivity index (χ4n) is 2.75. The highest BCUT2D eigenvalue weighted by atomic mass is 35.5. The van der Waals surface area contributed by atoms with Crippen molar-refractivity contribution in [3.8, 4) is 10.6 Å². The lowest BCUT2D eigenvalue weighted by atomic mass is 10.1. The number of carbonyl (C=O) groups excluding carboxylic acids is 1. The van der Waals surface area contributed by atoms with E-state index >= 15 is 0 Å². The molecular weight excluding hydrogens is 436 g/mol. The van der Waals surface area contributed by atoms with Gasteiger partial charge in [-0.2, -0.15) is 4.98 Å². The average Bonchev–Trinajstić information content (AvgIpc) is 3.38. The predicted molar refractivity (Wildman–Crippen MR) is 115 cm³/mol. The summed E-state index contributed by atoms with van der Waals surface area (Å²) in [5, 5.41) is 10.4. The molecule has 1 N–H and O–H groups in total. The van der Waals surface area contributed by atoms with Crippen LogP contribution in [0.5, 0.6) is 0 Å². The second kappa shape index (κ2) is 7.78. The van der Waals surface area contributed by atoms with Crippen molar-refractivity contribution in [2.45, 2.75) is 25.4 Å². The minimum Gasteiger partial charge on any atom is -0.302 e. The Kier molecular flexibility index (Phi) is 5.37. The first-order valence-corrected chi connectivity index (χ1v) is 11.5. The molecular formula is C17H15ClN6OS3. The monoisotopic (exact) mass is 450 g/mol. The molecule has 7 nitrogen and oxygen atoms in total. The van der Waals surface area contributed by atoms with E-state index in [0.717, 1.165) is 27.5 Å². The van der Waals surface area contributed by atoms with E-state index in [4.69, 9.17) is 11.6 Å². The van der Waals surface area contributed by atoms with Gasteiger partial charge in [-0.3, -0.25) is 4.79 Å². The highest BCUT2D eigenvalue weighted by Gasteiger charge is 2.17. The molecule has 0 fully saturated rings. The standard InChI is InChI=1S/C17H15ClN6OS3/c1-8-10(9(2)24-15(19-8)22-17(23-24)26-3)6-14(25)21-16-20-11(7-27-16)12-4-5-13(18)28-12/h4-5,7H,6H2,1-3H3,(H,20,21,25). The van der Waals surface area contributed by atoms with E-state index in [-0.39, 0.29) is 12.3 Å². The van der Waals surface area contributed by atoms with Crippen LogP contribution in [0.2, 0.25) is 4.34 Å². The van der Waals surface area contributed by atoms with E-state index in [0.29, 0.717) is 20.4 Å². The van der Waals surface area contributed by atoms with Crippen molar-refractivity contribution >= 4 is 62.9 Å². The van der Waals surface area contributed by atoms with E-state index in [2.05, 4.69) is 25.4 Å². The molecule has 0 saturated carbocycles. The van der Waals surface area contributed by atoms with Crippen molar-refractivity contribution in [3.63, 3.8) is 0 Å². The van der Waals surface area contributed by atoms with E-state index in [9.17, 15) is 4.79 Å². The van der Waals surface area contributed by atoms with Crippen LogP contribution in [0.3, 0.4) is 0 Å². The highest BCUT2D eigenvalue weighted by molar-refractivity contribution is 7.98. The van der Waals surface area contributed by atoms with Crippen molar-refractivity contribution in [1.82, 2.24) is 24.6 Å². The number of hydrogen-bond acceptors (Lipinski definition) is 8. The number of carbonyl (C=O) groups is 1. The van der Waals surface area contributed by atoms with Crippen LogP contribution < -0.4 is 5.32 Å². The van der Waals surface area contributed by atoms with Crippen molar-refractivity contribution in [1.29, 1.82) is 0 Å². The van der Waals surface area contributed by atoms with Gasteiger partial charge in [0.2, 0.25) is 11.1 Å². The number of amides is 1. The Hall–Kier alpha value is -2.01. The topological polar surface area (TPSA) is 85.1 Å². The molecule has 1 amide bonds. The van der Waals surface area contributed by atoms with Gasteiger partial charge in [0.05, 0.1) is 21.3 Å². The van der Waals surface area contributed by atoms with Gasteiger partial charge >= 0.3 is 0 Å². The highest BCUT2D eigenvalue weighted by Crippen LogP contribution is 2.32. The van der Waals surface area contributed by atoms with Crippen molar-refractivity contribution in [2.75, 3.05) is 11.6 Å². The summed E-state index contributed by atoms with van der Waals surface area (Å²) in [7, 11) is 0. The summed E-state index contributed by atoms with van der Waals surface area (Å²) < 4.78 is 2.39. The summed E-state index contributed by atoms with van der Waals surface area (Å²) in [4.78, 5) is 26.9. The van der Waals surface area contributed by atoms with Gasteiger partial charge < -0.3 is 5.32 Å². The van der Waals surface area contributed by atoms with Gasteiger partial charge in [0.25, 0.3) is 5.78 Å². The first-order chi connectivity index (χ1) is 13.4. The number of halogens is 1. The van der Waals surface area contributed by atoms with Crippen molar-refractivity contribution in [3.05, 3.63) is 38.8 Å². The van der Waals surface area contributed by atoms with E-state index in [1.807, 2.05) is 37.6 Å². The lowest BCUT2D eigenvalue weighted by Gasteiger charge is -2.09. The Morgan fingerprint density at radius 3 is 2.82 bits per heavy atom. The fourth-order valence-corrected chi connectivity index (χ4v) is 4.89. The number of thioether (sulfide) groups is 1. The van der Waals surface area contributed by atoms with Crippen LogP contribution in [0, 0.1) is 13.8 Å². The number of fused-ring (bicyclic) bond motifs is 1. The molecule has 4 aromatic rings. The summed E-state index contributed by atoms with van der Waals surface area (Å²) in [6, 6.07) is 3.75. The lowest BCUT2D eigenvalue weighted by Crippen LogP contribution is -2.17. The number of thiazole rings is 1. The van der Waals surface area contributed by atoms with Gasteiger partial charge in [-0.1, -0.05) is 23.4 Å². The third-order valence-electron chi connectivity index (χ3n) is 4.13. The SMILES string of the molecule is CSc1nc2nc(C)c(CC(=O)Nc3nc(-c4ccc(Cl)s4)cs3)c(C)n2n1. The zero-order valence-electron chi connectivity index (χ0n) is 15.2. The maximum atomic E-state index is 12.6. The number of aryl methyl sites for hydroxylation is 2. The second-order valence-corrected chi connectivity index (χ2v) is 9.28.